The zero-order valence-corrected chi connectivity index (χ0v) is 14.2. The molecule has 9 heteroatoms. The molecule has 1 aromatic rings. The monoisotopic (exact) mass is 350 g/mol. The van der Waals surface area contributed by atoms with Gasteiger partial charge >= 0.3 is 5.97 Å². The lowest BCUT2D eigenvalue weighted by molar-refractivity contribution is -0.143. The van der Waals surface area contributed by atoms with Gasteiger partial charge < -0.3 is 9.84 Å². The molecule has 0 saturated carbocycles. The van der Waals surface area contributed by atoms with Crippen molar-refractivity contribution in [1.82, 2.24) is 14.9 Å². The van der Waals surface area contributed by atoms with E-state index in [1.807, 2.05) is 4.90 Å². The van der Waals surface area contributed by atoms with E-state index in [0.29, 0.717) is 50.2 Å². The number of carbonyl (C=O) groups is 2. The number of fused-ring (bicyclic) bond motifs is 1. The molecule has 0 spiro atoms. The summed E-state index contributed by atoms with van der Waals surface area (Å²) in [6.07, 6.45) is 1.64. The second-order valence-corrected chi connectivity index (χ2v) is 6.46. The van der Waals surface area contributed by atoms with E-state index in [0.717, 1.165) is 0 Å². The highest BCUT2D eigenvalue weighted by Crippen LogP contribution is 2.18. The molecule has 1 fully saturated rings. The molecule has 2 aliphatic heterocycles. The van der Waals surface area contributed by atoms with Crippen LogP contribution in [-0.4, -0.2) is 65.1 Å². The van der Waals surface area contributed by atoms with Crippen molar-refractivity contribution in [2.24, 2.45) is 5.92 Å². The van der Waals surface area contributed by atoms with Gasteiger partial charge in [-0.25, -0.2) is 4.98 Å². The van der Waals surface area contributed by atoms with Crippen LogP contribution in [0.1, 0.15) is 24.1 Å². The predicted molar refractivity (Wildman–Crippen MR) is 88.4 cm³/mol. The molecule has 2 N–H and O–H groups in total. The Morgan fingerprint density at radius 2 is 2.12 bits per heavy atom. The first-order valence-electron chi connectivity index (χ1n) is 8.37. The number of aliphatic carboxylic acids is 1. The summed E-state index contributed by atoms with van der Waals surface area (Å²) in [6.45, 7) is 2.07. The van der Waals surface area contributed by atoms with E-state index in [-0.39, 0.29) is 36.5 Å². The van der Waals surface area contributed by atoms with E-state index in [1.54, 1.807) is 7.05 Å². The fourth-order valence-electron chi connectivity index (χ4n) is 3.14. The van der Waals surface area contributed by atoms with Crippen LogP contribution in [0.5, 0.6) is 0 Å². The van der Waals surface area contributed by atoms with Crippen molar-refractivity contribution in [2.75, 3.05) is 38.2 Å². The molecule has 0 unspecified atom stereocenters. The number of aromatic amines is 1. The maximum atomic E-state index is 12.5. The second-order valence-electron chi connectivity index (χ2n) is 6.46. The molecule has 0 atom stereocenters. The lowest BCUT2D eigenvalue weighted by atomic mass is 9.97. The van der Waals surface area contributed by atoms with Crippen LogP contribution >= 0.6 is 0 Å². The van der Waals surface area contributed by atoms with Crippen molar-refractivity contribution >= 4 is 17.8 Å². The minimum Gasteiger partial charge on any atom is -0.481 e. The minimum absolute atomic E-state index is 0.173. The Balaban J connectivity index is 1.64. The maximum absolute atomic E-state index is 12.5. The number of nitrogens with one attached hydrogen (secondary N) is 1. The zero-order valence-electron chi connectivity index (χ0n) is 14.2. The number of hydrogen-bond donors (Lipinski definition) is 2. The van der Waals surface area contributed by atoms with E-state index in [4.69, 9.17) is 9.84 Å². The van der Waals surface area contributed by atoms with Crippen molar-refractivity contribution in [1.29, 1.82) is 0 Å². The van der Waals surface area contributed by atoms with Crippen molar-refractivity contribution in [3.8, 4) is 0 Å². The van der Waals surface area contributed by atoms with Gasteiger partial charge in [-0.15, -0.1) is 0 Å². The molecule has 0 aromatic carbocycles. The number of amides is 1. The molecule has 136 valence electrons. The third-order valence-electron chi connectivity index (χ3n) is 4.81. The Morgan fingerprint density at radius 1 is 1.40 bits per heavy atom. The standard InChI is InChI=1S/C16H22N4O5/c1-19(13(21)8-20-5-2-10(3-6-20)15(23)24)16-17-12-4-7-25-9-11(12)14(22)18-16/h10H,2-9H2,1H3,(H,23,24)(H,17,18,22). The summed E-state index contributed by atoms with van der Waals surface area (Å²) in [5, 5.41) is 9.02. The third-order valence-corrected chi connectivity index (χ3v) is 4.81. The predicted octanol–water partition coefficient (Wildman–Crippen LogP) is -0.398. The first-order chi connectivity index (χ1) is 12.0. The molecule has 1 amide bonds. The number of hydrogen-bond acceptors (Lipinski definition) is 6. The quantitative estimate of drug-likeness (QED) is 0.759. The first-order valence-corrected chi connectivity index (χ1v) is 8.37. The van der Waals surface area contributed by atoms with E-state index in [2.05, 4.69) is 9.97 Å². The molecule has 25 heavy (non-hydrogen) atoms. The van der Waals surface area contributed by atoms with Gasteiger partial charge in [0.1, 0.15) is 0 Å². The van der Waals surface area contributed by atoms with Gasteiger partial charge in [-0.1, -0.05) is 0 Å². The summed E-state index contributed by atoms with van der Waals surface area (Å²) >= 11 is 0. The van der Waals surface area contributed by atoms with E-state index < -0.39 is 5.97 Å². The molecule has 3 rings (SSSR count). The Labute approximate surface area is 144 Å². The molecule has 9 nitrogen and oxygen atoms in total. The molecule has 0 radical (unpaired) electrons. The smallest absolute Gasteiger partial charge is 0.306 e. The summed E-state index contributed by atoms with van der Waals surface area (Å²) < 4.78 is 5.26. The number of carboxylic acids is 1. The summed E-state index contributed by atoms with van der Waals surface area (Å²) in [7, 11) is 1.58. The van der Waals surface area contributed by atoms with Gasteiger partial charge in [0.15, 0.2) is 0 Å². The van der Waals surface area contributed by atoms with Gasteiger partial charge in [0.2, 0.25) is 11.9 Å². The van der Waals surface area contributed by atoms with Crippen LogP contribution in [0.2, 0.25) is 0 Å². The van der Waals surface area contributed by atoms with Gasteiger partial charge in [0.25, 0.3) is 5.56 Å². The highest BCUT2D eigenvalue weighted by atomic mass is 16.5. The number of rotatable bonds is 4. The van der Waals surface area contributed by atoms with Crippen LogP contribution in [0.4, 0.5) is 5.95 Å². The third kappa shape index (κ3) is 3.88. The maximum Gasteiger partial charge on any atom is 0.306 e. The fourth-order valence-corrected chi connectivity index (χ4v) is 3.14. The second kappa shape index (κ2) is 7.32. The van der Waals surface area contributed by atoms with E-state index in [9.17, 15) is 14.4 Å². The number of carboxylic acid groups (broad SMARTS) is 1. The normalized spacial score (nSPS) is 18.6. The lowest BCUT2D eigenvalue weighted by Gasteiger charge is -2.30. The molecule has 1 aromatic heterocycles. The lowest BCUT2D eigenvalue weighted by Crippen LogP contribution is -2.44. The van der Waals surface area contributed by atoms with Crippen LogP contribution in [-0.2, 0) is 27.4 Å². The van der Waals surface area contributed by atoms with Gasteiger partial charge in [0.05, 0.1) is 36.9 Å². The SMILES string of the molecule is CN(C(=O)CN1CCC(C(=O)O)CC1)c1nc2c(c(=O)[nH]1)COCC2. The highest BCUT2D eigenvalue weighted by molar-refractivity contribution is 5.92. The Morgan fingerprint density at radius 3 is 2.80 bits per heavy atom. The number of aromatic nitrogens is 2. The highest BCUT2D eigenvalue weighted by Gasteiger charge is 2.27. The van der Waals surface area contributed by atoms with Crippen LogP contribution in [0.25, 0.3) is 0 Å². The number of carbonyl (C=O) groups excluding carboxylic acids is 1. The molecular formula is C16H22N4O5. The van der Waals surface area contributed by atoms with E-state index >= 15 is 0 Å². The van der Waals surface area contributed by atoms with E-state index in [1.165, 1.54) is 4.90 Å². The topological polar surface area (TPSA) is 116 Å². The summed E-state index contributed by atoms with van der Waals surface area (Å²) in [5.74, 6) is -1.06. The molecule has 3 heterocycles. The number of piperidine rings is 1. The number of ether oxygens (including phenoxy) is 1. The fraction of sp³-hybridized carbons (Fsp3) is 0.625. The number of anilines is 1. The van der Waals surface area contributed by atoms with Crippen LogP contribution in [0.15, 0.2) is 4.79 Å². The van der Waals surface area contributed by atoms with Crippen molar-refractivity contribution in [3.05, 3.63) is 21.6 Å². The van der Waals surface area contributed by atoms with Gasteiger partial charge in [-0.3, -0.25) is 29.2 Å². The molecule has 0 aliphatic carbocycles. The van der Waals surface area contributed by atoms with Gasteiger partial charge in [-0.05, 0) is 25.9 Å². The van der Waals surface area contributed by atoms with Crippen molar-refractivity contribution in [2.45, 2.75) is 25.9 Å². The van der Waals surface area contributed by atoms with Crippen LogP contribution in [0.3, 0.4) is 0 Å². The average molecular weight is 350 g/mol. The summed E-state index contributed by atoms with van der Waals surface area (Å²) in [6, 6.07) is 0. The summed E-state index contributed by atoms with van der Waals surface area (Å²) in [5.41, 5.74) is 0.917. The Bertz CT molecular complexity index is 724. The van der Waals surface area contributed by atoms with Crippen molar-refractivity contribution < 1.29 is 19.4 Å². The number of likely N-dealkylation sites (tertiary alicyclic amines) is 1. The number of likely N-dealkylation sites (N-methyl/N-ethyl adjacent to an activating group) is 1. The molecule has 2 aliphatic rings. The Hall–Kier alpha value is -2.26. The summed E-state index contributed by atoms with van der Waals surface area (Å²) in [4.78, 5) is 45.9. The first kappa shape index (κ1) is 17.6. The zero-order chi connectivity index (χ0) is 18.0. The van der Waals surface area contributed by atoms with Gasteiger partial charge in [-0.2, -0.15) is 0 Å². The number of nitrogens with zero attached hydrogens (tertiary/aromatic N) is 3. The van der Waals surface area contributed by atoms with Crippen LogP contribution in [0, 0.1) is 5.92 Å². The molecule has 1 saturated heterocycles. The average Bonchev–Trinajstić information content (AvgIpc) is 2.61. The largest absolute Gasteiger partial charge is 0.481 e. The van der Waals surface area contributed by atoms with Gasteiger partial charge in [0, 0.05) is 13.5 Å². The molecular weight excluding hydrogens is 328 g/mol. The Kier molecular flexibility index (Phi) is 5.14. The minimum atomic E-state index is -0.775. The van der Waals surface area contributed by atoms with Crippen LogP contribution < -0.4 is 10.5 Å². The number of H-pyrrole nitrogens is 1. The molecule has 0 bridgehead atoms. The van der Waals surface area contributed by atoms with Crippen molar-refractivity contribution in [3.63, 3.8) is 0 Å².